The first-order chi connectivity index (χ1) is 11.6. The maximum absolute atomic E-state index is 12.4. The molecular weight excluding hydrogens is 335 g/mol. The molecule has 0 aliphatic carbocycles. The number of para-hydroxylation sites is 1. The highest BCUT2D eigenvalue weighted by Gasteiger charge is 2.31. The monoisotopic (exact) mass is 359 g/mol. The van der Waals surface area contributed by atoms with Crippen LogP contribution >= 0.6 is 0 Å². The topological polar surface area (TPSA) is 38.8 Å². The van der Waals surface area contributed by atoms with Crippen LogP contribution in [0.1, 0.15) is 45.1 Å². The van der Waals surface area contributed by atoms with E-state index in [-0.39, 0.29) is 17.8 Å². The van der Waals surface area contributed by atoms with Crippen molar-refractivity contribution in [2.24, 2.45) is 0 Å². The van der Waals surface area contributed by atoms with Crippen molar-refractivity contribution >= 4 is 6.09 Å². The molecule has 0 atom stereocenters. The van der Waals surface area contributed by atoms with Crippen LogP contribution < -0.4 is 4.74 Å². The number of amides is 1. The van der Waals surface area contributed by atoms with Gasteiger partial charge in [-0.05, 0) is 51.2 Å². The van der Waals surface area contributed by atoms with Crippen molar-refractivity contribution in [3.63, 3.8) is 0 Å². The third-order valence-corrected chi connectivity index (χ3v) is 3.90. The maximum atomic E-state index is 12.4. The van der Waals surface area contributed by atoms with Gasteiger partial charge < -0.3 is 14.4 Å². The standard InChI is InChI=1S/C18H24F3NO3/c1-17(2,3)25-16(23)22-10-8-13(9-11-22)14-6-4-5-7-15(14)24-12-18(19,20)21/h4-7,13H,8-12H2,1-3H3. The third-order valence-electron chi connectivity index (χ3n) is 3.90. The Balaban J connectivity index is 1.98. The molecule has 0 bridgehead atoms. The highest BCUT2D eigenvalue weighted by molar-refractivity contribution is 5.68. The molecule has 1 aromatic rings. The summed E-state index contributed by atoms with van der Waals surface area (Å²) in [5, 5.41) is 0. The number of likely N-dealkylation sites (tertiary alicyclic amines) is 1. The molecule has 0 N–H and O–H groups in total. The molecule has 0 radical (unpaired) electrons. The van der Waals surface area contributed by atoms with E-state index in [1.807, 2.05) is 20.8 Å². The van der Waals surface area contributed by atoms with E-state index in [2.05, 4.69) is 0 Å². The van der Waals surface area contributed by atoms with E-state index in [9.17, 15) is 18.0 Å². The van der Waals surface area contributed by atoms with Gasteiger partial charge in [0.2, 0.25) is 0 Å². The van der Waals surface area contributed by atoms with Crippen LogP contribution in [-0.4, -0.2) is 42.5 Å². The summed E-state index contributed by atoms with van der Waals surface area (Å²) in [6, 6.07) is 6.79. The molecule has 0 saturated carbocycles. The van der Waals surface area contributed by atoms with Gasteiger partial charge in [-0.3, -0.25) is 0 Å². The van der Waals surface area contributed by atoms with Crippen LogP contribution in [0.5, 0.6) is 5.75 Å². The number of hydrogen-bond donors (Lipinski definition) is 0. The lowest BCUT2D eigenvalue weighted by Gasteiger charge is -2.34. The fourth-order valence-electron chi connectivity index (χ4n) is 2.81. The molecule has 1 aliphatic heterocycles. The largest absolute Gasteiger partial charge is 0.484 e. The first kappa shape index (κ1) is 19.4. The van der Waals surface area contributed by atoms with E-state index >= 15 is 0 Å². The summed E-state index contributed by atoms with van der Waals surface area (Å²) in [6.45, 7) is 5.14. The van der Waals surface area contributed by atoms with Crippen LogP contribution in [0.2, 0.25) is 0 Å². The summed E-state index contributed by atoms with van der Waals surface area (Å²) in [5.41, 5.74) is 0.210. The zero-order valence-corrected chi connectivity index (χ0v) is 14.7. The normalized spacial score (nSPS) is 16.6. The number of ether oxygens (including phenoxy) is 2. The molecule has 1 aromatic carbocycles. The zero-order chi connectivity index (χ0) is 18.7. The quantitative estimate of drug-likeness (QED) is 0.782. The average molecular weight is 359 g/mol. The van der Waals surface area contributed by atoms with Gasteiger partial charge in [0, 0.05) is 13.1 Å². The smallest absolute Gasteiger partial charge is 0.422 e. The van der Waals surface area contributed by atoms with Crippen LogP contribution in [0.3, 0.4) is 0 Å². The predicted molar refractivity (Wildman–Crippen MR) is 87.8 cm³/mol. The molecule has 0 aromatic heterocycles. The second-order valence-electron chi connectivity index (χ2n) is 7.18. The first-order valence-electron chi connectivity index (χ1n) is 8.31. The van der Waals surface area contributed by atoms with Crippen LogP contribution in [0.4, 0.5) is 18.0 Å². The first-order valence-corrected chi connectivity index (χ1v) is 8.31. The number of hydrogen-bond acceptors (Lipinski definition) is 3. The number of nitrogens with zero attached hydrogens (tertiary/aromatic N) is 1. The minimum absolute atomic E-state index is 0.0584. The van der Waals surface area contributed by atoms with Gasteiger partial charge >= 0.3 is 12.3 Å². The Labute approximate surface area is 145 Å². The van der Waals surface area contributed by atoms with Crippen molar-refractivity contribution in [1.82, 2.24) is 4.90 Å². The van der Waals surface area contributed by atoms with E-state index < -0.39 is 18.4 Å². The molecule has 25 heavy (non-hydrogen) atoms. The number of carbonyl (C=O) groups is 1. The molecule has 1 amide bonds. The molecule has 140 valence electrons. The van der Waals surface area contributed by atoms with Crippen LogP contribution in [-0.2, 0) is 4.74 Å². The Morgan fingerprint density at radius 2 is 1.76 bits per heavy atom. The Hall–Kier alpha value is -1.92. The van der Waals surface area contributed by atoms with Gasteiger partial charge in [0.05, 0.1) is 0 Å². The molecule has 2 rings (SSSR count). The predicted octanol–water partition coefficient (Wildman–Crippen LogP) is 4.74. The van der Waals surface area contributed by atoms with Crippen molar-refractivity contribution in [2.75, 3.05) is 19.7 Å². The minimum atomic E-state index is -4.37. The number of benzene rings is 1. The van der Waals surface area contributed by atoms with Crippen molar-refractivity contribution < 1.29 is 27.4 Å². The number of rotatable bonds is 3. The summed E-state index contributed by atoms with van der Waals surface area (Å²) in [6.07, 6.45) is -3.41. The number of halogens is 3. The number of piperidine rings is 1. The van der Waals surface area contributed by atoms with Crippen LogP contribution in [0.15, 0.2) is 24.3 Å². The molecule has 1 saturated heterocycles. The third kappa shape index (κ3) is 6.14. The van der Waals surface area contributed by atoms with Crippen molar-refractivity contribution in [2.45, 2.75) is 51.3 Å². The van der Waals surface area contributed by atoms with Crippen LogP contribution in [0, 0.1) is 0 Å². The van der Waals surface area contributed by atoms with Gasteiger partial charge in [-0.15, -0.1) is 0 Å². The average Bonchev–Trinajstić information content (AvgIpc) is 2.51. The molecule has 4 nitrogen and oxygen atoms in total. The van der Waals surface area contributed by atoms with Crippen LogP contribution in [0.25, 0.3) is 0 Å². The van der Waals surface area contributed by atoms with Crippen molar-refractivity contribution in [3.8, 4) is 5.75 Å². The SMILES string of the molecule is CC(C)(C)OC(=O)N1CCC(c2ccccc2OCC(F)(F)F)CC1. The maximum Gasteiger partial charge on any atom is 0.422 e. The molecule has 1 heterocycles. The molecule has 7 heteroatoms. The van der Waals surface area contributed by atoms with Crippen molar-refractivity contribution in [3.05, 3.63) is 29.8 Å². The highest BCUT2D eigenvalue weighted by Crippen LogP contribution is 2.35. The second-order valence-corrected chi connectivity index (χ2v) is 7.18. The van der Waals surface area contributed by atoms with E-state index in [0.717, 1.165) is 5.56 Å². The second kappa shape index (κ2) is 7.54. The van der Waals surface area contributed by atoms with E-state index in [1.54, 1.807) is 29.2 Å². The number of alkyl halides is 3. The zero-order valence-electron chi connectivity index (χ0n) is 14.7. The van der Waals surface area contributed by atoms with E-state index in [0.29, 0.717) is 25.9 Å². The molecular formula is C18H24F3NO3. The van der Waals surface area contributed by atoms with Gasteiger partial charge in [0.25, 0.3) is 0 Å². The Morgan fingerprint density at radius 3 is 2.32 bits per heavy atom. The fraction of sp³-hybridized carbons (Fsp3) is 0.611. The van der Waals surface area contributed by atoms with Gasteiger partial charge in [0.15, 0.2) is 6.61 Å². The molecule has 0 spiro atoms. The lowest BCUT2D eigenvalue weighted by atomic mass is 9.89. The Morgan fingerprint density at radius 1 is 1.16 bits per heavy atom. The summed E-state index contributed by atoms with van der Waals surface area (Å²) in [5.74, 6) is 0.318. The van der Waals surface area contributed by atoms with E-state index in [1.165, 1.54) is 0 Å². The fourth-order valence-corrected chi connectivity index (χ4v) is 2.81. The summed E-state index contributed by atoms with van der Waals surface area (Å²) in [4.78, 5) is 13.7. The highest BCUT2D eigenvalue weighted by atomic mass is 19.4. The molecule has 1 fully saturated rings. The van der Waals surface area contributed by atoms with Gasteiger partial charge in [-0.2, -0.15) is 13.2 Å². The number of carbonyl (C=O) groups excluding carboxylic acids is 1. The minimum Gasteiger partial charge on any atom is -0.484 e. The van der Waals surface area contributed by atoms with Crippen molar-refractivity contribution in [1.29, 1.82) is 0 Å². The van der Waals surface area contributed by atoms with Gasteiger partial charge in [-0.1, -0.05) is 18.2 Å². The summed E-state index contributed by atoms with van der Waals surface area (Å²) >= 11 is 0. The van der Waals surface area contributed by atoms with E-state index in [4.69, 9.17) is 9.47 Å². The lowest BCUT2D eigenvalue weighted by molar-refractivity contribution is -0.153. The summed E-state index contributed by atoms with van der Waals surface area (Å²) in [7, 11) is 0. The lowest BCUT2D eigenvalue weighted by Crippen LogP contribution is -2.41. The molecule has 0 unspecified atom stereocenters. The Bertz CT molecular complexity index is 588. The van der Waals surface area contributed by atoms with Gasteiger partial charge in [0.1, 0.15) is 11.4 Å². The Kier molecular flexibility index (Phi) is 5.85. The molecule has 1 aliphatic rings. The van der Waals surface area contributed by atoms with Gasteiger partial charge in [-0.25, -0.2) is 4.79 Å². The summed E-state index contributed by atoms with van der Waals surface area (Å²) < 4.78 is 47.5.